The zero-order chi connectivity index (χ0) is 8.69. The number of rotatable bonds is 6. The fourth-order valence-corrected chi connectivity index (χ4v) is 0.801. The third-order valence-corrected chi connectivity index (χ3v) is 1.49. The summed E-state index contributed by atoms with van der Waals surface area (Å²) in [5.41, 5.74) is 4.85. The molecule has 3 nitrogen and oxygen atoms in total. The summed E-state index contributed by atoms with van der Waals surface area (Å²) in [6.07, 6.45) is 2.42. The largest absolute Gasteiger partial charge is 0.358 e. The molecule has 0 aromatic carbocycles. The predicted octanol–water partition coefficient (Wildman–Crippen LogP) is -1.15. The van der Waals surface area contributed by atoms with E-state index < -0.39 is 11.7 Å². The summed E-state index contributed by atoms with van der Waals surface area (Å²) < 4.78 is 0. The maximum Gasteiger partial charge on any atom is 0.178 e. The van der Waals surface area contributed by atoms with Crippen molar-refractivity contribution in [2.75, 3.05) is 6.54 Å². The van der Waals surface area contributed by atoms with Gasteiger partial charge in [0.2, 0.25) is 0 Å². The van der Waals surface area contributed by atoms with E-state index >= 15 is 0 Å². The van der Waals surface area contributed by atoms with Crippen LogP contribution in [-0.4, -0.2) is 34.1 Å². The minimum atomic E-state index is -0.415. The van der Waals surface area contributed by atoms with Crippen LogP contribution in [0.5, 0.6) is 0 Å². The van der Waals surface area contributed by atoms with Crippen molar-refractivity contribution in [2.24, 2.45) is 5.73 Å². The summed E-state index contributed by atoms with van der Waals surface area (Å²) in [7, 11) is 10.1. The quantitative estimate of drug-likeness (QED) is 0.371. The highest BCUT2D eigenvalue weighted by Crippen LogP contribution is 1.98. The average Bonchev–Trinajstić information content (AvgIpc) is 1.97. The molecule has 0 aliphatic heterocycles. The van der Waals surface area contributed by atoms with Gasteiger partial charge in [-0.2, -0.15) is 0 Å². The molecule has 0 saturated heterocycles. The number of hydrogen-bond acceptors (Lipinski definition) is 3. The van der Waals surface area contributed by atoms with Gasteiger partial charge < -0.3 is 15.8 Å². The van der Waals surface area contributed by atoms with Crippen molar-refractivity contribution < 1.29 is 4.79 Å². The molecule has 11 heavy (non-hydrogen) atoms. The molecule has 58 valence electrons. The normalized spacial score (nSPS) is 12.8. The van der Waals surface area contributed by atoms with E-state index in [4.69, 9.17) is 21.6 Å². The summed E-state index contributed by atoms with van der Waals surface area (Å²) in [5, 5.41) is 2.35. The second-order valence-corrected chi connectivity index (χ2v) is 2.41. The lowest BCUT2D eigenvalue weighted by Gasteiger charge is -2.12. The van der Waals surface area contributed by atoms with E-state index in [1.165, 1.54) is 0 Å². The van der Waals surface area contributed by atoms with Gasteiger partial charge in [0.15, 0.2) is 15.8 Å². The van der Waals surface area contributed by atoms with Gasteiger partial charge in [-0.15, -0.1) is 0 Å². The number of carbonyl (C=O) groups is 1. The predicted molar refractivity (Wildman–Crippen MR) is 46.3 cm³/mol. The number of hydrogen-bond donors (Lipinski definition) is 2. The highest BCUT2D eigenvalue weighted by molar-refractivity contribution is 6.59. The molecule has 0 bridgehead atoms. The standard InChI is InChI=1S/C6H12B2N2O/c7-6(11)5(10-8)3-1-2-4-9/h5,10H,1-4,9H2/t5-/m0/s1. The van der Waals surface area contributed by atoms with Crippen LogP contribution in [0.2, 0.25) is 0 Å². The lowest BCUT2D eigenvalue weighted by molar-refractivity contribution is -0.113. The molecule has 4 radical (unpaired) electrons. The van der Waals surface area contributed by atoms with Gasteiger partial charge in [-0.05, 0) is 19.4 Å². The first kappa shape index (κ1) is 10.7. The zero-order valence-electron chi connectivity index (χ0n) is 6.55. The number of unbranched alkanes of at least 4 members (excludes halogenated alkanes) is 1. The van der Waals surface area contributed by atoms with Gasteiger partial charge in [0.05, 0.1) is 5.68 Å². The number of nitrogens with one attached hydrogen (secondary N) is 1. The molecule has 0 unspecified atom stereocenters. The van der Waals surface area contributed by atoms with Crippen LogP contribution in [0, 0.1) is 0 Å². The first-order valence-electron chi connectivity index (χ1n) is 3.68. The SMILES string of the molecule is [B]N[C@@H](CCCCN)C([B])=O. The topological polar surface area (TPSA) is 55.1 Å². The Morgan fingerprint density at radius 3 is 2.55 bits per heavy atom. The van der Waals surface area contributed by atoms with E-state index in [0.717, 1.165) is 12.8 Å². The third kappa shape index (κ3) is 5.04. The van der Waals surface area contributed by atoms with Gasteiger partial charge in [-0.25, -0.2) is 0 Å². The summed E-state index contributed by atoms with van der Waals surface area (Å²) in [6.45, 7) is 0.635. The van der Waals surface area contributed by atoms with E-state index in [2.05, 4.69) is 5.23 Å². The summed E-state index contributed by atoms with van der Waals surface area (Å²) in [6, 6.07) is -0.415. The first-order chi connectivity index (χ1) is 5.22. The number of carbonyl (C=O) groups excluding carboxylic acids is 1. The molecule has 0 saturated carbocycles. The summed E-state index contributed by atoms with van der Waals surface area (Å²) >= 11 is 0. The third-order valence-electron chi connectivity index (χ3n) is 1.49. The van der Waals surface area contributed by atoms with Crippen molar-refractivity contribution in [3.8, 4) is 0 Å². The fraction of sp³-hybridized carbons (Fsp3) is 0.833. The second-order valence-electron chi connectivity index (χ2n) is 2.41. The Balaban J connectivity index is 3.44. The van der Waals surface area contributed by atoms with E-state index in [0.29, 0.717) is 13.0 Å². The molecule has 0 spiro atoms. The summed E-state index contributed by atoms with van der Waals surface area (Å²) in [5.74, 6) is 0. The molecule has 5 heteroatoms. The molecule has 0 rings (SSSR count). The summed E-state index contributed by atoms with van der Waals surface area (Å²) in [4.78, 5) is 10.6. The van der Waals surface area contributed by atoms with Crippen molar-refractivity contribution in [1.29, 1.82) is 0 Å². The Morgan fingerprint density at radius 2 is 2.18 bits per heavy atom. The van der Waals surface area contributed by atoms with E-state index in [-0.39, 0.29) is 0 Å². The molecular weight excluding hydrogens is 138 g/mol. The minimum Gasteiger partial charge on any atom is -0.358 e. The van der Waals surface area contributed by atoms with Gasteiger partial charge in [0.25, 0.3) is 0 Å². The van der Waals surface area contributed by atoms with Crippen molar-refractivity contribution in [3.63, 3.8) is 0 Å². The zero-order valence-corrected chi connectivity index (χ0v) is 6.55. The lowest BCUT2D eigenvalue weighted by Crippen LogP contribution is -2.35. The van der Waals surface area contributed by atoms with E-state index in [9.17, 15) is 4.79 Å². The number of nitrogens with two attached hydrogens (primary N) is 1. The Hall–Kier alpha value is -0.280. The molecule has 0 aliphatic carbocycles. The van der Waals surface area contributed by atoms with Gasteiger partial charge in [0.1, 0.15) is 0 Å². The molecule has 0 heterocycles. The Morgan fingerprint density at radius 1 is 1.55 bits per heavy atom. The molecule has 0 aliphatic rings. The van der Waals surface area contributed by atoms with Crippen LogP contribution in [-0.2, 0) is 4.79 Å². The van der Waals surface area contributed by atoms with Crippen molar-refractivity contribution in [1.82, 2.24) is 5.23 Å². The first-order valence-corrected chi connectivity index (χ1v) is 3.68. The maximum absolute atomic E-state index is 10.6. The Kier molecular flexibility index (Phi) is 6.27. The van der Waals surface area contributed by atoms with Crippen LogP contribution in [0.15, 0.2) is 0 Å². The molecule has 3 N–H and O–H groups in total. The lowest BCUT2D eigenvalue weighted by atomic mass is 9.90. The Labute approximate surface area is 69.9 Å². The van der Waals surface area contributed by atoms with Gasteiger partial charge in [-0.1, -0.05) is 6.42 Å². The van der Waals surface area contributed by atoms with Gasteiger partial charge >= 0.3 is 0 Å². The maximum atomic E-state index is 10.6. The molecule has 0 aromatic rings. The van der Waals surface area contributed by atoms with Crippen LogP contribution < -0.4 is 11.0 Å². The smallest absolute Gasteiger partial charge is 0.178 e. The Bertz CT molecular complexity index is 121. The highest BCUT2D eigenvalue weighted by atomic mass is 16.1. The highest BCUT2D eigenvalue weighted by Gasteiger charge is 2.08. The average molecular weight is 150 g/mol. The van der Waals surface area contributed by atoms with Gasteiger partial charge in [-0.3, -0.25) is 0 Å². The van der Waals surface area contributed by atoms with Crippen LogP contribution in [0.4, 0.5) is 0 Å². The monoisotopic (exact) mass is 150 g/mol. The van der Waals surface area contributed by atoms with E-state index in [1.54, 1.807) is 0 Å². The van der Waals surface area contributed by atoms with Crippen molar-refractivity contribution in [2.45, 2.75) is 25.3 Å². The van der Waals surface area contributed by atoms with Crippen LogP contribution in [0.1, 0.15) is 19.3 Å². The van der Waals surface area contributed by atoms with Crippen molar-refractivity contribution in [3.05, 3.63) is 0 Å². The van der Waals surface area contributed by atoms with Crippen molar-refractivity contribution >= 4 is 21.5 Å². The molecule has 0 aromatic heterocycles. The minimum absolute atomic E-state index is 0.412. The van der Waals surface area contributed by atoms with Crippen LogP contribution in [0.3, 0.4) is 0 Å². The fourth-order valence-electron chi connectivity index (χ4n) is 0.801. The van der Waals surface area contributed by atoms with Crippen LogP contribution in [0.25, 0.3) is 0 Å². The van der Waals surface area contributed by atoms with Gasteiger partial charge in [0, 0.05) is 6.04 Å². The molecule has 0 fully saturated rings. The second kappa shape index (κ2) is 6.43. The van der Waals surface area contributed by atoms with E-state index in [1.807, 2.05) is 0 Å². The molecule has 1 atom stereocenters. The van der Waals surface area contributed by atoms with Crippen LogP contribution >= 0.6 is 0 Å². The molecule has 0 amide bonds. The molecular formula is C6H12B2N2O.